The molecule has 2 fully saturated rings. The summed E-state index contributed by atoms with van der Waals surface area (Å²) in [5, 5.41) is 12.8. The molecule has 0 amide bonds. The van der Waals surface area contributed by atoms with Crippen LogP contribution in [0.4, 0.5) is 0 Å². The number of carbonyl (C=O) groups is 1. The van der Waals surface area contributed by atoms with Gasteiger partial charge in [-0.25, -0.2) is 0 Å². The molecule has 0 spiro atoms. The van der Waals surface area contributed by atoms with Gasteiger partial charge in [-0.05, 0) is 46.1 Å². The van der Waals surface area contributed by atoms with Crippen LogP contribution in [-0.2, 0) is 4.79 Å². The summed E-state index contributed by atoms with van der Waals surface area (Å²) in [6.45, 7) is 6.47. The lowest BCUT2D eigenvalue weighted by molar-refractivity contribution is -0.148. The van der Waals surface area contributed by atoms with Gasteiger partial charge in [0.05, 0.1) is 5.41 Å². The Hall–Kier alpha value is -0.610. The fourth-order valence-corrected chi connectivity index (χ4v) is 2.72. The molecular weight excluding hydrogens is 228 g/mol. The Morgan fingerprint density at radius 3 is 2.56 bits per heavy atom. The maximum Gasteiger partial charge on any atom is 0.310 e. The molecule has 0 bridgehead atoms. The van der Waals surface area contributed by atoms with Crippen molar-refractivity contribution in [3.63, 3.8) is 0 Å². The van der Waals surface area contributed by atoms with E-state index in [1.807, 2.05) is 13.8 Å². The van der Waals surface area contributed by atoms with E-state index >= 15 is 0 Å². The van der Waals surface area contributed by atoms with Gasteiger partial charge >= 0.3 is 5.97 Å². The Morgan fingerprint density at radius 1 is 1.33 bits per heavy atom. The summed E-state index contributed by atoms with van der Waals surface area (Å²) in [5.41, 5.74) is -0.642. The number of aliphatic carboxylic acids is 1. The van der Waals surface area contributed by atoms with Crippen molar-refractivity contribution in [2.75, 3.05) is 19.6 Å². The summed E-state index contributed by atoms with van der Waals surface area (Å²) in [7, 11) is 0. The van der Waals surface area contributed by atoms with Crippen molar-refractivity contribution < 1.29 is 9.90 Å². The molecule has 1 aliphatic carbocycles. The van der Waals surface area contributed by atoms with Crippen LogP contribution in [0.5, 0.6) is 0 Å². The molecule has 1 unspecified atom stereocenters. The average molecular weight is 254 g/mol. The van der Waals surface area contributed by atoms with E-state index < -0.39 is 11.4 Å². The van der Waals surface area contributed by atoms with Crippen molar-refractivity contribution >= 4 is 5.97 Å². The SMILES string of the molecule is CC(C)(CN(CC1CCCCN1)C1CC1)C(=O)O. The van der Waals surface area contributed by atoms with Crippen LogP contribution in [0, 0.1) is 5.41 Å². The Labute approximate surface area is 110 Å². The molecule has 2 aliphatic rings. The molecule has 18 heavy (non-hydrogen) atoms. The van der Waals surface area contributed by atoms with Crippen LogP contribution < -0.4 is 5.32 Å². The van der Waals surface area contributed by atoms with Gasteiger partial charge in [0.1, 0.15) is 0 Å². The van der Waals surface area contributed by atoms with Gasteiger partial charge in [0.2, 0.25) is 0 Å². The van der Waals surface area contributed by atoms with Crippen LogP contribution in [0.15, 0.2) is 0 Å². The summed E-state index contributed by atoms with van der Waals surface area (Å²) in [6.07, 6.45) is 6.29. The first-order valence-corrected chi connectivity index (χ1v) is 7.20. The molecule has 0 radical (unpaired) electrons. The molecule has 104 valence electrons. The highest BCUT2D eigenvalue weighted by atomic mass is 16.4. The Kier molecular flexibility index (Phi) is 4.28. The molecule has 4 nitrogen and oxygen atoms in total. The fraction of sp³-hybridized carbons (Fsp3) is 0.929. The normalized spacial score (nSPS) is 25.4. The lowest BCUT2D eigenvalue weighted by atomic mass is 9.92. The lowest BCUT2D eigenvalue weighted by Crippen LogP contribution is -2.48. The second kappa shape index (κ2) is 5.57. The number of nitrogens with one attached hydrogen (secondary N) is 1. The molecular formula is C14H26N2O2. The predicted molar refractivity (Wildman–Crippen MR) is 71.7 cm³/mol. The molecule has 0 aromatic rings. The lowest BCUT2D eigenvalue weighted by Gasteiger charge is -2.34. The summed E-state index contributed by atoms with van der Waals surface area (Å²) in [5.74, 6) is -0.690. The van der Waals surface area contributed by atoms with Gasteiger partial charge in [0.25, 0.3) is 0 Å². The third kappa shape index (κ3) is 3.69. The summed E-state index contributed by atoms with van der Waals surface area (Å²) >= 11 is 0. The van der Waals surface area contributed by atoms with E-state index in [-0.39, 0.29) is 0 Å². The van der Waals surface area contributed by atoms with Crippen molar-refractivity contribution in [2.45, 2.75) is 58.0 Å². The second-order valence-electron chi connectivity index (χ2n) is 6.50. The summed E-state index contributed by atoms with van der Waals surface area (Å²) in [4.78, 5) is 13.6. The maximum absolute atomic E-state index is 11.2. The van der Waals surface area contributed by atoms with E-state index in [4.69, 9.17) is 0 Å². The van der Waals surface area contributed by atoms with Crippen molar-refractivity contribution in [1.82, 2.24) is 10.2 Å². The molecule has 1 aliphatic heterocycles. The second-order valence-corrected chi connectivity index (χ2v) is 6.50. The number of carboxylic acids is 1. The van der Waals surface area contributed by atoms with E-state index in [1.165, 1.54) is 32.1 Å². The third-order valence-electron chi connectivity index (χ3n) is 4.11. The van der Waals surface area contributed by atoms with Gasteiger partial charge in [-0.2, -0.15) is 0 Å². The molecule has 1 atom stereocenters. The van der Waals surface area contributed by atoms with Gasteiger partial charge in [0, 0.05) is 25.2 Å². The molecule has 0 aromatic heterocycles. The van der Waals surface area contributed by atoms with Crippen LogP contribution in [0.25, 0.3) is 0 Å². The zero-order valence-corrected chi connectivity index (χ0v) is 11.6. The van der Waals surface area contributed by atoms with Crippen LogP contribution in [0.2, 0.25) is 0 Å². The van der Waals surface area contributed by atoms with E-state index in [2.05, 4.69) is 10.2 Å². The number of rotatable bonds is 6. The molecule has 4 heteroatoms. The number of piperidine rings is 1. The first-order chi connectivity index (χ1) is 8.49. The smallest absolute Gasteiger partial charge is 0.310 e. The molecule has 2 N–H and O–H groups in total. The molecule has 0 aromatic carbocycles. The standard InChI is InChI=1S/C14H26N2O2/c1-14(2,13(17)18)10-16(12-6-7-12)9-11-5-3-4-8-15-11/h11-12,15H,3-10H2,1-2H3,(H,17,18). The first-order valence-electron chi connectivity index (χ1n) is 7.20. The van der Waals surface area contributed by atoms with Gasteiger partial charge in [-0.15, -0.1) is 0 Å². The highest BCUT2D eigenvalue weighted by Crippen LogP contribution is 2.31. The minimum atomic E-state index is -0.690. The van der Waals surface area contributed by atoms with Crippen LogP contribution in [0.3, 0.4) is 0 Å². The largest absolute Gasteiger partial charge is 0.481 e. The molecule has 2 rings (SSSR count). The first kappa shape index (κ1) is 13.8. The van der Waals surface area contributed by atoms with Crippen molar-refractivity contribution in [2.24, 2.45) is 5.41 Å². The van der Waals surface area contributed by atoms with Crippen LogP contribution in [-0.4, -0.2) is 47.7 Å². The van der Waals surface area contributed by atoms with Crippen LogP contribution in [0.1, 0.15) is 46.0 Å². The highest BCUT2D eigenvalue weighted by molar-refractivity contribution is 5.73. The monoisotopic (exact) mass is 254 g/mol. The number of hydrogen-bond donors (Lipinski definition) is 2. The van der Waals surface area contributed by atoms with Crippen molar-refractivity contribution in [3.8, 4) is 0 Å². The average Bonchev–Trinajstić information content (AvgIpc) is 3.13. The minimum absolute atomic E-state index is 0.559. The maximum atomic E-state index is 11.2. The highest BCUT2D eigenvalue weighted by Gasteiger charge is 2.37. The minimum Gasteiger partial charge on any atom is -0.481 e. The quantitative estimate of drug-likeness (QED) is 0.757. The molecule has 1 saturated heterocycles. The van der Waals surface area contributed by atoms with E-state index in [9.17, 15) is 9.90 Å². The Balaban J connectivity index is 1.89. The van der Waals surface area contributed by atoms with E-state index in [1.54, 1.807) is 0 Å². The summed E-state index contributed by atoms with van der Waals surface area (Å²) < 4.78 is 0. The van der Waals surface area contributed by atoms with E-state index in [0.29, 0.717) is 18.6 Å². The third-order valence-corrected chi connectivity index (χ3v) is 4.11. The van der Waals surface area contributed by atoms with Gasteiger partial charge < -0.3 is 10.4 Å². The van der Waals surface area contributed by atoms with Crippen LogP contribution >= 0.6 is 0 Å². The number of nitrogens with zero attached hydrogens (tertiary/aromatic N) is 1. The van der Waals surface area contributed by atoms with Gasteiger partial charge in [0.15, 0.2) is 0 Å². The Bertz CT molecular complexity index is 294. The number of hydrogen-bond acceptors (Lipinski definition) is 3. The molecule has 1 saturated carbocycles. The molecule has 1 heterocycles. The summed E-state index contributed by atoms with van der Waals surface area (Å²) in [6, 6.07) is 1.19. The Morgan fingerprint density at radius 2 is 2.06 bits per heavy atom. The number of carboxylic acid groups (broad SMARTS) is 1. The van der Waals surface area contributed by atoms with Crippen molar-refractivity contribution in [3.05, 3.63) is 0 Å². The zero-order chi connectivity index (χ0) is 13.2. The zero-order valence-electron chi connectivity index (χ0n) is 11.6. The van der Waals surface area contributed by atoms with Gasteiger partial charge in [-0.3, -0.25) is 9.69 Å². The van der Waals surface area contributed by atoms with Gasteiger partial charge in [-0.1, -0.05) is 6.42 Å². The predicted octanol–water partition coefficient (Wildman–Crippen LogP) is 1.70. The van der Waals surface area contributed by atoms with E-state index in [0.717, 1.165) is 13.1 Å². The van der Waals surface area contributed by atoms with Crippen molar-refractivity contribution in [1.29, 1.82) is 0 Å². The fourth-order valence-electron chi connectivity index (χ4n) is 2.72. The topological polar surface area (TPSA) is 52.6 Å².